The summed E-state index contributed by atoms with van der Waals surface area (Å²) in [5.74, 6) is 0.184. The largest absolute Gasteiger partial charge is 0.294 e. The predicted molar refractivity (Wildman–Crippen MR) is 85.6 cm³/mol. The van der Waals surface area contributed by atoms with Gasteiger partial charge in [0, 0.05) is 20.9 Å². The molecule has 0 saturated heterocycles. The van der Waals surface area contributed by atoms with Crippen molar-refractivity contribution in [2.45, 2.75) is 19.3 Å². The molecule has 0 N–H and O–H groups in total. The fraction of sp³-hybridized carbons (Fsp3) is 0.188. The van der Waals surface area contributed by atoms with Crippen LogP contribution in [-0.2, 0) is 6.42 Å². The third-order valence-corrected chi connectivity index (χ3v) is 4.13. The van der Waals surface area contributed by atoms with Crippen LogP contribution in [0.2, 0.25) is 0 Å². The van der Waals surface area contributed by atoms with Crippen molar-refractivity contribution in [3.63, 3.8) is 0 Å². The highest BCUT2D eigenvalue weighted by Crippen LogP contribution is 2.23. The highest BCUT2D eigenvalue weighted by molar-refractivity contribution is 9.11. The molecule has 0 aliphatic carbocycles. The van der Waals surface area contributed by atoms with Crippen molar-refractivity contribution in [1.29, 1.82) is 0 Å². The molecule has 0 spiro atoms. The van der Waals surface area contributed by atoms with Crippen LogP contribution in [-0.4, -0.2) is 5.78 Å². The van der Waals surface area contributed by atoms with Crippen molar-refractivity contribution in [2.75, 3.05) is 0 Å². The van der Waals surface area contributed by atoms with Gasteiger partial charge in [-0.1, -0.05) is 62.2 Å². The normalized spacial score (nSPS) is 10.4. The van der Waals surface area contributed by atoms with E-state index in [9.17, 15) is 4.79 Å². The molecular weight excluding hydrogens is 368 g/mol. The minimum atomic E-state index is 0.184. The predicted octanol–water partition coefficient (Wildman–Crippen LogP) is 5.42. The van der Waals surface area contributed by atoms with Gasteiger partial charge in [-0.15, -0.1) is 0 Å². The Labute approximate surface area is 130 Å². The van der Waals surface area contributed by atoms with E-state index in [1.165, 1.54) is 5.56 Å². The van der Waals surface area contributed by atoms with E-state index in [4.69, 9.17) is 0 Å². The maximum absolute atomic E-state index is 12.2. The third-order valence-electron chi connectivity index (χ3n) is 2.94. The Kier molecular flexibility index (Phi) is 5.34. The van der Waals surface area contributed by atoms with Crippen molar-refractivity contribution < 1.29 is 4.79 Å². The summed E-state index contributed by atoms with van der Waals surface area (Å²) in [7, 11) is 0. The number of benzene rings is 2. The molecule has 0 atom stereocenters. The Morgan fingerprint density at radius 1 is 1.00 bits per heavy atom. The average Bonchev–Trinajstić information content (AvgIpc) is 2.42. The van der Waals surface area contributed by atoms with Gasteiger partial charge < -0.3 is 0 Å². The summed E-state index contributed by atoms with van der Waals surface area (Å²) in [5, 5.41) is 0. The first-order chi connectivity index (χ1) is 9.16. The standard InChI is InChI=1S/C16H14Br2O/c17-13-9-10-15(18)14(11-13)16(19)8-4-7-12-5-2-1-3-6-12/h1-3,5-6,9-11H,4,7-8H2. The van der Waals surface area contributed by atoms with Crippen LogP contribution in [0, 0.1) is 0 Å². The fourth-order valence-electron chi connectivity index (χ4n) is 1.94. The molecule has 0 radical (unpaired) electrons. The summed E-state index contributed by atoms with van der Waals surface area (Å²) in [6.07, 6.45) is 2.39. The molecule has 2 aromatic rings. The molecule has 0 aliphatic rings. The average molecular weight is 382 g/mol. The van der Waals surface area contributed by atoms with E-state index in [0.717, 1.165) is 27.4 Å². The third kappa shape index (κ3) is 4.29. The maximum atomic E-state index is 12.2. The molecule has 0 aromatic heterocycles. The first kappa shape index (κ1) is 14.5. The molecule has 2 aromatic carbocycles. The van der Waals surface area contributed by atoms with Gasteiger partial charge in [-0.25, -0.2) is 0 Å². The van der Waals surface area contributed by atoms with E-state index in [1.807, 2.05) is 36.4 Å². The second-order valence-corrected chi connectivity index (χ2v) is 6.16. The number of carbonyl (C=O) groups is 1. The fourth-order valence-corrected chi connectivity index (χ4v) is 2.77. The molecule has 0 aliphatic heterocycles. The summed E-state index contributed by atoms with van der Waals surface area (Å²) in [6.45, 7) is 0. The molecule has 0 fully saturated rings. The Bertz CT molecular complexity index is 564. The van der Waals surface area contributed by atoms with Crippen LogP contribution in [0.4, 0.5) is 0 Å². The molecule has 98 valence electrons. The topological polar surface area (TPSA) is 17.1 Å². The molecule has 2 rings (SSSR count). The van der Waals surface area contributed by atoms with Crippen LogP contribution in [0.3, 0.4) is 0 Å². The van der Waals surface area contributed by atoms with Crippen LogP contribution in [0.25, 0.3) is 0 Å². The number of carbonyl (C=O) groups excluding carboxylic acids is 1. The highest BCUT2D eigenvalue weighted by atomic mass is 79.9. The van der Waals surface area contributed by atoms with Gasteiger partial charge in [0.15, 0.2) is 5.78 Å². The van der Waals surface area contributed by atoms with Crippen LogP contribution in [0.5, 0.6) is 0 Å². The molecule has 0 bridgehead atoms. The van der Waals surface area contributed by atoms with Crippen LogP contribution in [0.15, 0.2) is 57.5 Å². The van der Waals surface area contributed by atoms with Crippen molar-refractivity contribution in [1.82, 2.24) is 0 Å². The lowest BCUT2D eigenvalue weighted by atomic mass is 10.0. The van der Waals surface area contributed by atoms with Crippen molar-refractivity contribution in [3.05, 3.63) is 68.6 Å². The molecule has 0 saturated carbocycles. The van der Waals surface area contributed by atoms with Gasteiger partial charge in [-0.05, 0) is 36.6 Å². The maximum Gasteiger partial charge on any atom is 0.164 e. The minimum absolute atomic E-state index is 0.184. The first-order valence-corrected chi connectivity index (χ1v) is 7.77. The summed E-state index contributed by atoms with van der Waals surface area (Å²) in [4.78, 5) is 12.2. The van der Waals surface area contributed by atoms with E-state index in [1.54, 1.807) is 0 Å². The van der Waals surface area contributed by atoms with Gasteiger partial charge in [0.2, 0.25) is 0 Å². The molecule has 3 heteroatoms. The van der Waals surface area contributed by atoms with Gasteiger partial charge in [0.05, 0.1) is 0 Å². The number of halogens is 2. The molecule has 1 nitrogen and oxygen atoms in total. The zero-order valence-corrected chi connectivity index (χ0v) is 13.6. The van der Waals surface area contributed by atoms with E-state index in [2.05, 4.69) is 44.0 Å². The summed E-state index contributed by atoms with van der Waals surface area (Å²) < 4.78 is 1.79. The Morgan fingerprint density at radius 2 is 1.74 bits per heavy atom. The van der Waals surface area contributed by atoms with E-state index in [-0.39, 0.29) is 5.78 Å². The lowest BCUT2D eigenvalue weighted by Crippen LogP contribution is -2.01. The molecule has 0 amide bonds. The molecule has 0 unspecified atom stereocenters. The number of aryl methyl sites for hydroxylation is 1. The van der Waals surface area contributed by atoms with E-state index < -0.39 is 0 Å². The second kappa shape index (κ2) is 7.01. The summed E-state index contributed by atoms with van der Waals surface area (Å²) in [6, 6.07) is 15.9. The van der Waals surface area contributed by atoms with Crippen LogP contribution in [0.1, 0.15) is 28.8 Å². The Morgan fingerprint density at radius 3 is 2.47 bits per heavy atom. The van der Waals surface area contributed by atoms with Crippen LogP contribution >= 0.6 is 31.9 Å². The van der Waals surface area contributed by atoms with Gasteiger partial charge in [-0.2, -0.15) is 0 Å². The minimum Gasteiger partial charge on any atom is -0.294 e. The Balaban J connectivity index is 1.93. The van der Waals surface area contributed by atoms with Gasteiger partial charge in [0.1, 0.15) is 0 Å². The lowest BCUT2D eigenvalue weighted by molar-refractivity contribution is 0.0979. The monoisotopic (exact) mass is 380 g/mol. The van der Waals surface area contributed by atoms with E-state index in [0.29, 0.717) is 6.42 Å². The van der Waals surface area contributed by atoms with Gasteiger partial charge >= 0.3 is 0 Å². The second-order valence-electron chi connectivity index (χ2n) is 4.39. The zero-order chi connectivity index (χ0) is 13.7. The summed E-state index contributed by atoms with van der Waals surface area (Å²) in [5.41, 5.74) is 2.03. The van der Waals surface area contributed by atoms with E-state index >= 15 is 0 Å². The first-order valence-electron chi connectivity index (χ1n) is 6.19. The molecular formula is C16H14Br2O. The summed E-state index contributed by atoms with van der Waals surface area (Å²) >= 11 is 6.82. The smallest absolute Gasteiger partial charge is 0.164 e. The number of rotatable bonds is 5. The van der Waals surface area contributed by atoms with Crippen LogP contribution < -0.4 is 0 Å². The molecule has 0 heterocycles. The number of Topliss-reactive ketones (excluding diaryl/α,β-unsaturated/α-hetero) is 1. The zero-order valence-electron chi connectivity index (χ0n) is 10.4. The van der Waals surface area contributed by atoms with Crippen molar-refractivity contribution in [2.24, 2.45) is 0 Å². The van der Waals surface area contributed by atoms with Crippen molar-refractivity contribution >= 4 is 37.6 Å². The van der Waals surface area contributed by atoms with Gasteiger partial charge in [0.25, 0.3) is 0 Å². The molecule has 19 heavy (non-hydrogen) atoms. The number of hydrogen-bond acceptors (Lipinski definition) is 1. The SMILES string of the molecule is O=C(CCCc1ccccc1)c1cc(Br)ccc1Br. The lowest BCUT2D eigenvalue weighted by Gasteiger charge is -2.05. The van der Waals surface area contributed by atoms with Crippen molar-refractivity contribution in [3.8, 4) is 0 Å². The highest BCUT2D eigenvalue weighted by Gasteiger charge is 2.10. The van der Waals surface area contributed by atoms with Gasteiger partial charge in [-0.3, -0.25) is 4.79 Å². The Hall–Kier alpha value is -0.930. The number of ketones is 1. The number of hydrogen-bond donors (Lipinski definition) is 0. The quantitative estimate of drug-likeness (QED) is 0.632.